The highest BCUT2D eigenvalue weighted by Gasteiger charge is 2.39. The van der Waals surface area contributed by atoms with Crippen molar-refractivity contribution in [2.24, 2.45) is 5.41 Å². The van der Waals surface area contributed by atoms with Crippen LogP contribution < -0.4 is 0 Å². The van der Waals surface area contributed by atoms with Crippen molar-refractivity contribution in [1.29, 1.82) is 0 Å². The second-order valence-corrected chi connectivity index (χ2v) is 5.66. The molecule has 0 aromatic heterocycles. The van der Waals surface area contributed by atoms with E-state index in [9.17, 15) is 9.59 Å². The lowest BCUT2D eigenvalue weighted by Crippen LogP contribution is -2.37. The Kier molecular flexibility index (Phi) is 10.1. The van der Waals surface area contributed by atoms with Crippen molar-refractivity contribution in [3.05, 3.63) is 0 Å². The number of rotatable bonds is 11. The van der Waals surface area contributed by atoms with Crippen molar-refractivity contribution in [3.8, 4) is 0 Å². The van der Waals surface area contributed by atoms with E-state index in [1.54, 1.807) is 13.8 Å². The standard InChI is InChI=1S/C16H30O4/c1-5-7-9-10-11-13-20-15(18)16(3,4)14(17)19-12-8-6-2/h5-13H2,1-4H3. The molecule has 0 aliphatic heterocycles. The average Bonchev–Trinajstić information content (AvgIpc) is 2.42. The summed E-state index contributed by atoms with van der Waals surface area (Å²) >= 11 is 0. The van der Waals surface area contributed by atoms with Gasteiger partial charge in [-0.15, -0.1) is 0 Å². The summed E-state index contributed by atoms with van der Waals surface area (Å²) in [5.41, 5.74) is -1.21. The van der Waals surface area contributed by atoms with Gasteiger partial charge in [0.2, 0.25) is 0 Å². The topological polar surface area (TPSA) is 52.6 Å². The van der Waals surface area contributed by atoms with Gasteiger partial charge in [0.1, 0.15) is 0 Å². The summed E-state index contributed by atoms with van der Waals surface area (Å²) in [5, 5.41) is 0. The van der Waals surface area contributed by atoms with Gasteiger partial charge in [-0.05, 0) is 26.7 Å². The maximum absolute atomic E-state index is 11.9. The van der Waals surface area contributed by atoms with Gasteiger partial charge in [-0.2, -0.15) is 0 Å². The van der Waals surface area contributed by atoms with Crippen LogP contribution in [-0.4, -0.2) is 25.2 Å². The Morgan fingerprint density at radius 2 is 1.20 bits per heavy atom. The van der Waals surface area contributed by atoms with Crippen molar-refractivity contribution in [2.45, 2.75) is 72.6 Å². The third kappa shape index (κ3) is 7.51. The van der Waals surface area contributed by atoms with E-state index in [4.69, 9.17) is 9.47 Å². The quantitative estimate of drug-likeness (QED) is 0.329. The lowest BCUT2D eigenvalue weighted by Gasteiger charge is -2.20. The summed E-state index contributed by atoms with van der Waals surface area (Å²) in [6, 6.07) is 0. The summed E-state index contributed by atoms with van der Waals surface area (Å²) in [6.45, 7) is 8.04. The first kappa shape index (κ1) is 18.9. The molecule has 0 fully saturated rings. The second-order valence-electron chi connectivity index (χ2n) is 5.66. The van der Waals surface area contributed by atoms with Gasteiger partial charge < -0.3 is 9.47 Å². The number of ether oxygens (including phenoxy) is 2. The number of hydrogen-bond acceptors (Lipinski definition) is 4. The molecular formula is C16H30O4. The van der Waals surface area contributed by atoms with E-state index in [0.29, 0.717) is 13.2 Å². The molecule has 0 saturated heterocycles. The molecule has 0 spiro atoms. The fourth-order valence-electron chi connectivity index (χ4n) is 1.62. The predicted octanol–water partition coefficient (Wildman–Crippen LogP) is 3.87. The van der Waals surface area contributed by atoms with Gasteiger partial charge in [0.05, 0.1) is 13.2 Å². The van der Waals surface area contributed by atoms with Crippen LogP contribution in [0, 0.1) is 5.41 Å². The van der Waals surface area contributed by atoms with Crippen LogP contribution in [0.25, 0.3) is 0 Å². The van der Waals surface area contributed by atoms with E-state index in [1.165, 1.54) is 12.8 Å². The molecule has 0 aliphatic rings. The van der Waals surface area contributed by atoms with Crippen LogP contribution in [0.4, 0.5) is 0 Å². The number of esters is 2. The first-order valence-corrected chi connectivity index (χ1v) is 7.81. The van der Waals surface area contributed by atoms with Gasteiger partial charge in [-0.25, -0.2) is 0 Å². The number of hydrogen-bond donors (Lipinski definition) is 0. The summed E-state index contributed by atoms with van der Waals surface area (Å²) in [6.07, 6.45) is 7.25. The Morgan fingerprint density at radius 3 is 1.70 bits per heavy atom. The summed E-state index contributed by atoms with van der Waals surface area (Å²) < 4.78 is 10.3. The number of carbonyl (C=O) groups excluding carboxylic acids is 2. The molecule has 0 atom stereocenters. The molecule has 0 radical (unpaired) electrons. The summed E-state index contributed by atoms with van der Waals surface area (Å²) in [5.74, 6) is -0.989. The number of unbranched alkanes of at least 4 members (excludes halogenated alkanes) is 5. The van der Waals surface area contributed by atoms with Crippen LogP contribution in [-0.2, 0) is 19.1 Å². The first-order valence-electron chi connectivity index (χ1n) is 7.81. The van der Waals surface area contributed by atoms with Crippen LogP contribution in [0.3, 0.4) is 0 Å². The fraction of sp³-hybridized carbons (Fsp3) is 0.875. The van der Waals surface area contributed by atoms with Crippen molar-refractivity contribution in [1.82, 2.24) is 0 Å². The van der Waals surface area contributed by atoms with Crippen molar-refractivity contribution < 1.29 is 19.1 Å². The highest BCUT2D eigenvalue weighted by Crippen LogP contribution is 2.20. The molecule has 0 saturated carbocycles. The second kappa shape index (κ2) is 10.7. The first-order chi connectivity index (χ1) is 9.46. The molecule has 0 aromatic rings. The van der Waals surface area contributed by atoms with E-state index < -0.39 is 17.4 Å². The van der Waals surface area contributed by atoms with Gasteiger partial charge in [-0.1, -0.05) is 46.0 Å². The summed E-state index contributed by atoms with van der Waals surface area (Å²) in [4.78, 5) is 23.7. The van der Waals surface area contributed by atoms with E-state index in [0.717, 1.165) is 32.1 Å². The normalized spacial score (nSPS) is 11.2. The van der Waals surface area contributed by atoms with Crippen LogP contribution >= 0.6 is 0 Å². The molecule has 118 valence electrons. The van der Waals surface area contributed by atoms with Crippen molar-refractivity contribution >= 4 is 11.9 Å². The monoisotopic (exact) mass is 286 g/mol. The van der Waals surface area contributed by atoms with E-state index >= 15 is 0 Å². The maximum Gasteiger partial charge on any atom is 0.322 e. The molecule has 0 aliphatic carbocycles. The average molecular weight is 286 g/mol. The minimum Gasteiger partial charge on any atom is -0.465 e. The lowest BCUT2D eigenvalue weighted by molar-refractivity contribution is -0.169. The zero-order chi connectivity index (χ0) is 15.4. The Bertz CT molecular complexity index is 284. The Balaban J connectivity index is 3.94. The van der Waals surface area contributed by atoms with E-state index in [-0.39, 0.29) is 0 Å². The lowest BCUT2D eigenvalue weighted by atomic mass is 9.94. The molecule has 0 N–H and O–H groups in total. The highest BCUT2D eigenvalue weighted by atomic mass is 16.6. The Hall–Kier alpha value is -1.06. The zero-order valence-electron chi connectivity index (χ0n) is 13.5. The van der Waals surface area contributed by atoms with E-state index in [2.05, 4.69) is 6.92 Å². The molecule has 20 heavy (non-hydrogen) atoms. The van der Waals surface area contributed by atoms with Crippen LogP contribution in [0.5, 0.6) is 0 Å². The predicted molar refractivity (Wildman–Crippen MR) is 79.4 cm³/mol. The largest absolute Gasteiger partial charge is 0.465 e. The molecule has 0 aromatic carbocycles. The van der Waals surface area contributed by atoms with Gasteiger partial charge in [-0.3, -0.25) is 9.59 Å². The Morgan fingerprint density at radius 1 is 0.750 bits per heavy atom. The third-order valence-electron chi connectivity index (χ3n) is 3.23. The molecule has 4 heteroatoms. The van der Waals surface area contributed by atoms with Gasteiger partial charge in [0, 0.05) is 0 Å². The van der Waals surface area contributed by atoms with Crippen molar-refractivity contribution in [3.63, 3.8) is 0 Å². The summed E-state index contributed by atoms with van der Waals surface area (Å²) in [7, 11) is 0. The van der Waals surface area contributed by atoms with Crippen LogP contribution in [0.1, 0.15) is 72.6 Å². The van der Waals surface area contributed by atoms with Gasteiger partial charge in [0.15, 0.2) is 5.41 Å². The highest BCUT2D eigenvalue weighted by molar-refractivity contribution is 5.99. The number of carbonyl (C=O) groups is 2. The molecule has 0 amide bonds. The maximum atomic E-state index is 11.9. The third-order valence-corrected chi connectivity index (χ3v) is 3.23. The minimum atomic E-state index is -1.21. The zero-order valence-corrected chi connectivity index (χ0v) is 13.5. The smallest absolute Gasteiger partial charge is 0.322 e. The molecule has 0 bridgehead atoms. The Labute approximate surface area is 123 Å². The molecule has 0 rings (SSSR count). The van der Waals surface area contributed by atoms with Crippen molar-refractivity contribution in [2.75, 3.05) is 13.2 Å². The van der Waals surface area contributed by atoms with Gasteiger partial charge in [0.25, 0.3) is 0 Å². The van der Waals surface area contributed by atoms with Crippen LogP contribution in [0.15, 0.2) is 0 Å². The minimum absolute atomic E-state index is 0.364. The SMILES string of the molecule is CCCCCCCOC(=O)C(C)(C)C(=O)OCCCC. The molecule has 0 unspecified atom stereocenters. The van der Waals surface area contributed by atoms with Crippen LogP contribution in [0.2, 0.25) is 0 Å². The molecule has 0 heterocycles. The molecular weight excluding hydrogens is 256 g/mol. The van der Waals surface area contributed by atoms with Gasteiger partial charge >= 0.3 is 11.9 Å². The fourth-order valence-corrected chi connectivity index (χ4v) is 1.62. The molecule has 4 nitrogen and oxygen atoms in total. The van der Waals surface area contributed by atoms with E-state index in [1.807, 2.05) is 6.92 Å².